The van der Waals surface area contributed by atoms with Gasteiger partial charge in [0.05, 0.1) is 10.9 Å². The van der Waals surface area contributed by atoms with Gasteiger partial charge in [0.15, 0.2) is 0 Å². The highest BCUT2D eigenvalue weighted by molar-refractivity contribution is 9.10. The van der Waals surface area contributed by atoms with Gasteiger partial charge in [0, 0.05) is 4.47 Å². The molecule has 0 spiro atoms. The van der Waals surface area contributed by atoms with Crippen LogP contribution >= 0.6 is 27.3 Å². The summed E-state index contributed by atoms with van der Waals surface area (Å²) >= 11 is 5.04. The highest BCUT2D eigenvalue weighted by atomic mass is 79.9. The maximum atomic E-state index is 10.8. The first-order valence-electron chi connectivity index (χ1n) is 8.18. The van der Waals surface area contributed by atoms with Crippen LogP contribution in [0.15, 0.2) is 28.7 Å². The molecule has 1 aromatic carbocycles. The fraction of sp³-hybridized carbons (Fsp3) is 0.412. The van der Waals surface area contributed by atoms with Crippen LogP contribution in [0.25, 0.3) is 4.96 Å². The Morgan fingerprint density at radius 1 is 1.17 bits per heavy atom. The number of benzene rings is 1. The highest BCUT2D eigenvalue weighted by Gasteiger charge is 2.30. The predicted molar refractivity (Wildman–Crippen MR) is 98.7 cm³/mol. The van der Waals surface area contributed by atoms with Crippen molar-refractivity contribution in [2.75, 3.05) is 13.1 Å². The summed E-state index contributed by atoms with van der Waals surface area (Å²) in [5, 5.41) is 15.1. The van der Waals surface area contributed by atoms with E-state index in [1.54, 1.807) is 4.52 Å². The van der Waals surface area contributed by atoms with Crippen molar-refractivity contribution in [3.63, 3.8) is 0 Å². The van der Waals surface area contributed by atoms with E-state index in [-0.39, 0.29) is 11.9 Å². The van der Waals surface area contributed by atoms with Gasteiger partial charge in [0.2, 0.25) is 10.8 Å². The summed E-state index contributed by atoms with van der Waals surface area (Å²) in [5.74, 6) is 0.898. The van der Waals surface area contributed by atoms with Crippen molar-refractivity contribution >= 4 is 32.2 Å². The van der Waals surface area contributed by atoms with Crippen LogP contribution in [0.4, 0.5) is 0 Å². The molecule has 5 nitrogen and oxygen atoms in total. The number of thiazole rings is 1. The topological polar surface area (TPSA) is 53.7 Å². The van der Waals surface area contributed by atoms with Gasteiger partial charge in [-0.2, -0.15) is 4.52 Å². The minimum absolute atomic E-state index is 0.0483. The van der Waals surface area contributed by atoms with Gasteiger partial charge in [0.25, 0.3) is 0 Å². The Morgan fingerprint density at radius 2 is 1.88 bits per heavy atom. The fourth-order valence-corrected chi connectivity index (χ4v) is 4.80. The van der Waals surface area contributed by atoms with Gasteiger partial charge in [-0.1, -0.05) is 45.8 Å². The van der Waals surface area contributed by atoms with Crippen molar-refractivity contribution in [3.8, 4) is 5.88 Å². The Morgan fingerprint density at radius 3 is 2.54 bits per heavy atom. The van der Waals surface area contributed by atoms with Gasteiger partial charge in [-0.3, -0.25) is 4.90 Å². The summed E-state index contributed by atoms with van der Waals surface area (Å²) in [6.07, 6.45) is 3.69. The Hall–Kier alpha value is -1.44. The zero-order chi connectivity index (χ0) is 16.7. The molecule has 126 valence electrons. The molecule has 3 heterocycles. The summed E-state index contributed by atoms with van der Waals surface area (Å²) in [5.41, 5.74) is 1.19. The van der Waals surface area contributed by atoms with Crippen LogP contribution in [0.2, 0.25) is 0 Å². The van der Waals surface area contributed by atoms with E-state index >= 15 is 0 Å². The molecule has 3 aromatic rings. The molecule has 1 fully saturated rings. The van der Waals surface area contributed by atoms with Crippen LogP contribution in [0.3, 0.4) is 0 Å². The highest BCUT2D eigenvalue weighted by Crippen LogP contribution is 2.41. The van der Waals surface area contributed by atoms with Crippen LogP contribution in [0.1, 0.15) is 41.6 Å². The first-order chi connectivity index (χ1) is 11.6. The third kappa shape index (κ3) is 2.85. The smallest absolute Gasteiger partial charge is 0.230 e. The first-order valence-corrected chi connectivity index (χ1v) is 9.79. The van der Waals surface area contributed by atoms with Crippen molar-refractivity contribution in [2.24, 2.45) is 0 Å². The van der Waals surface area contributed by atoms with Crippen molar-refractivity contribution in [1.29, 1.82) is 0 Å². The molecular weight excluding hydrogens is 388 g/mol. The molecule has 0 amide bonds. The van der Waals surface area contributed by atoms with E-state index in [0.717, 1.165) is 27.4 Å². The van der Waals surface area contributed by atoms with Crippen LogP contribution in [-0.4, -0.2) is 37.7 Å². The molecule has 4 rings (SSSR count). The fourth-order valence-electron chi connectivity index (χ4n) is 3.38. The molecule has 0 saturated carbocycles. The molecule has 0 radical (unpaired) electrons. The SMILES string of the molecule is Cc1nc2sc(C(c3ccc(Br)cc3)N3CCCCC3)c(O)n2n1. The standard InChI is InChI=1S/C17H19BrN4OS/c1-11-19-17-22(20-11)16(23)15(24-17)14(21-9-3-2-4-10-21)12-5-7-13(18)8-6-12/h5-8,14,23H,2-4,9-10H2,1H3. The lowest BCUT2D eigenvalue weighted by Gasteiger charge is -2.34. The number of aromatic hydroxyl groups is 1. The summed E-state index contributed by atoms with van der Waals surface area (Å²) < 4.78 is 2.62. The van der Waals surface area contributed by atoms with E-state index in [1.165, 1.54) is 36.2 Å². The second kappa shape index (κ2) is 6.46. The third-order valence-electron chi connectivity index (χ3n) is 4.50. The first kappa shape index (κ1) is 16.1. The lowest BCUT2D eigenvalue weighted by molar-refractivity contribution is 0.186. The molecule has 1 aliphatic heterocycles. The number of halogens is 1. The van der Waals surface area contributed by atoms with E-state index < -0.39 is 0 Å². The van der Waals surface area contributed by atoms with E-state index in [2.05, 4.69) is 55.2 Å². The van der Waals surface area contributed by atoms with Gasteiger partial charge in [-0.05, 0) is 50.6 Å². The second-order valence-electron chi connectivity index (χ2n) is 6.19. The monoisotopic (exact) mass is 406 g/mol. The lowest BCUT2D eigenvalue weighted by atomic mass is 10.0. The van der Waals surface area contributed by atoms with E-state index in [0.29, 0.717) is 5.82 Å². The van der Waals surface area contributed by atoms with Crippen molar-refractivity contribution in [2.45, 2.75) is 32.2 Å². The number of piperidine rings is 1. The minimum Gasteiger partial charge on any atom is -0.492 e. The number of rotatable bonds is 3. The van der Waals surface area contributed by atoms with Gasteiger partial charge in [-0.15, -0.1) is 5.10 Å². The lowest BCUT2D eigenvalue weighted by Crippen LogP contribution is -2.34. The number of aromatic nitrogens is 3. The van der Waals surface area contributed by atoms with Crippen LogP contribution in [-0.2, 0) is 0 Å². The van der Waals surface area contributed by atoms with E-state index in [4.69, 9.17) is 0 Å². The Bertz CT molecular complexity index is 851. The summed E-state index contributed by atoms with van der Waals surface area (Å²) in [4.78, 5) is 8.55. The van der Waals surface area contributed by atoms with E-state index in [9.17, 15) is 5.11 Å². The Kier molecular flexibility index (Phi) is 4.32. The predicted octanol–water partition coefficient (Wildman–Crippen LogP) is 4.14. The molecule has 1 N–H and O–H groups in total. The number of likely N-dealkylation sites (tertiary alicyclic amines) is 1. The molecule has 0 aliphatic carbocycles. The van der Waals surface area contributed by atoms with Gasteiger partial charge < -0.3 is 5.11 Å². The summed E-state index contributed by atoms with van der Waals surface area (Å²) in [7, 11) is 0. The molecule has 1 aliphatic rings. The minimum atomic E-state index is 0.0483. The average molecular weight is 407 g/mol. The average Bonchev–Trinajstić information content (AvgIpc) is 3.09. The normalized spacial score (nSPS) is 17.4. The van der Waals surface area contributed by atoms with Crippen LogP contribution in [0, 0.1) is 6.92 Å². The molecule has 1 atom stereocenters. The molecule has 24 heavy (non-hydrogen) atoms. The zero-order valence-corrected chi connectivity index (χ0v) is 15.8. The second-order valence-corrected chi connectivity index (χ2v) is 8.12. The van der Waals surface area contributed by atoms with Crippen LogP contribution in [0.5, 0.6) is 5.88 Å². The van der Waals surface area contributed by atoms with Crippen molar-refractivity contribution < 1.29 is 5.11 Å². The molecule has 2 aromatic heterocycles. The molecule has 1 saturated heterocycles. The molecule has 7 heteroatoms. The Balaban J connectivity index is 1.82. The zero-order valence-electron chi connectivity index (χ0n) is 13.4. The number of hydrogen-bond acceptors (Lipinski definition) is 5. The largest absolute Gasteiger partial charge is 0.492 e. The van der Waals surface area contributed by atoms with Gasteiger partial charge in [-0.25, -0.2) is 4.98 Å². The Labute approximate surface area is 153 Å². The number of hydrogen-bond donors (Lipinski definition) is 1. The van der Waals surface area contributed by atoms with Crippen molar-refractivity contribution in [3.05, 3.63) is 45.0 Å². The number of fused-ring (bicyclic) bond motifs is 1. The molecular formula is C17H19BrN4OS. The third-order valence-corrected chi connectivity index (χ3v) is 6.10. The summed E-state index contributed by atoms with van der Waals surface area (Å²) in [6.45, 7) is 3.94. The number of nitrogens with zero attached hydrogens (tertiary/aromatic N) is 4. The molecule has 0 bridgehead atoms. The van der Waals surface area contributed by atoms with Gasteiger partial charge in [0.1, 0.15) is 5.82 Å². The van der Waals surface area contributed by atoms with Crippen LogP contribution < -0.4 is 0 Å². The number of aryl methyl sites for hydroxylation is 1. The molecule has 1 unspecified atom stereocenters. The maximum Gasteiger partial charge on any atom is 0.230 e. The quantitative estimate of drug-likeness (QED) is 0.709. The maximum absolute atomic E-state index is 10.8. The summed E-state index contributed by atoms with van der Waals surface area (Å²) in [6, 6.07) is 8.43. The van der Waals surface area contributed by atoms with E-state index in [1.807, 2.05) is 6.92 Å². The van der Waals surface area contributed by atoms with Gasteiger partial charge >= 0.3 is 0 Å². The van der Waals surface area contributed by atoms with Crippen molar-refractivity contribution in [1.82, 2.24) is 19.5 Å².